The molecule has 4 N–H and O–H groups in total. The topological polar surface area (TPSA) is 70.8 Å². The molecule has 15 heavy (non-hydrogen) atoms. The molecule has 1 saturated heterocycles. The molecular weight excluding hydrogens is 192 g/mol. The lowest BCUT2D eigenvalue weighted by Crippen LogP contribution is -2.22. The van der Waals surface area contributed by atoms with E-state index >= 15 is 0 Å². The van der Waals surface area contributed by atoms with Crippen LogP contribution in [0.2, 0.25) is 0 Å². The van der Waals surface area contributed by atoms with Crippen LogP contribution in [-0.4, -0.2) is 44.1 Å². The summed E-state index contributed by atoms with van der Waals surface area (Å²) in [6.45, 7) is 8.46. The van der Waals surface area contributed by atoms with Crippen LogP contribution in [0.1, 0.15) is 33.6 Å². The van der Waals surface area contributed by atoms with Crippen molar-refractivity contribution in [2.24, 2.45) is 5.73 Å². The Morgan fingerprint density at radius 3 is 2.00 bits per heavy atom. The average molecular weight is 220 g/mol. The summed E-state index contributed by atoms with van der Waals surface area (Å²) in [7, 11) is 1.83. The zero-order valence-electron chi connectivity index (χ0n) is 10.6. The SMILES string of the molecule is CCC(O)CNC.CCC1CO1.CCN. The number of aliphatic hydroxyl groups excluding tert-OH is 1. The first-order valence-electron chi connectivity index (χ1n) is 5.80. The van der Waals surface area contributed by atoms with E-state index in [4.69, 9.17) is 15.6 Å². The fourth-order valence-electron chi connectivity index (χ4n) is 0.684. The molecule has 1 aliphatic heterocycles. The third kappa shape index (κ3) is 20.0. The first kappa shape index (κ1) is 17.2. The van der Waals surface area contributed by atoms with Crippen LogP contribution in [-0.2, 0) is 4.74 Å². The maximum absolute atomic E-state index is 8.80. The van der Waals surface area contributed by atoms with Gasteiger partial charge in [0, 0.05) is 6.54 Å². The number of nitrogens with one attached hydrogen (secondary N) is 1. The first-order valence-corrected chi connectivity index (χ1v) is 5.80. The number of epoxide rings is 1. The monoisotopic (exact) mass is 220 g/mol. The second-order valence-electron chi connectivity index (χ2n) is 3.39. The predicted octanol–water partition coefficient (Wildman–Crippen LogP) is 0.737. The molecule has 2 atom stereocenters. The van der Waals surface area contributed by atoms with Crippen LogP contribution in [0.25, 0.3) is 0 Å². The van der Waals surface area contributed by atoms with E-state index in [1.807, 2.05) is 20.9 Å². The molecular formula is C11H28N2O2. The van der Waals surface area contributed by atoms with Gasteiger partial charge in [0.05, 0.1) is 18.8 Å². The lowest BCUT2D eigenvalue weighted by Gasteiger charge is -2.03. The van der Waals surface area contributed by atoms with Gasteiger partial charge in [-0.2, -0.15) is 0 Å². The second kappa shape index (κ2) is 13.8. The van der Waals surface area contributed by atoms with E-state index in [-0.39, 0.29) is 6.10 Å². The summed E-state index contributed by atoms with van der Waals surface area (Å²) in [4.78, 5) is 0. The molecule has 0 spiro atoms. The van der Waals surface area contributed by atoms with Crippen molar-refractivity contribution in [1.29, 1.82) is 0 Å². The fourth-order valence-corrected chi connectivity index (χ4v) is 0.684. The molecule has 0 amide bonds. The molecule has 0 aromatic heterocycles. The van der Waals surface area contributed by atoms with Crippen molar-refractivity contribution in [3.63, 3.8) is 0 Å². The molecule has 1 fully saturated rings. The van der Waals surface area contributed by atoms with E-state index in [1.165, 1.54) is 6.42 Å². The number of likely N-dealkylation sites (N-methyl/N-ethyl adjacent to an activating group) is 1. The molecule has 4 nitrogen and oxygen atoms in total. The van der Waals surface area contributed by atoms with Gasteiger partial charge in [-0.15, -0.1) is 0 Å². The van der Waals surface area contributed by atoms with Crippen molar-refractivity contribution < 1.29 is 9.84 Å². The number of ether oxygens (including phenoxy) is 1. The fraction of sp³-hybridized carbons (Fsp3) is 1.00. The zero-order valence-corrected chi connectivity index (χ0v) is 10.6. The van der Waals surface area contributed by atoms with E-state index in [0.29, 0.717) is 12.6 Å². The molecule has 94 valence electrons. The molecule has 0 saturated carbocycles. The van der Waals surface area contributed by atoms with Crippen molar-refractivity contribution in [3.05, 3.63) is 0 Å². The number of rotatable bonds is 4. The van der Waals surface area contributed by atoms with E-state index in [2.05, 4.69) is 12.2 Å². The summed E-state index contributed by atoms with van der Waals surface area (Å²) >= 11 is 0. The van der Waals surface area contributed by atoms with Crippen LogP contribution in [0, 0.1) is 0 Å². The Morgan fingerprint density at radius 1 is 1.47 bits per heavy atom. The van der Waals surface area contributed by atoms with Crippen molar-refractivity contribution >= 4 is 0 Å². The van der Waals surface area contributed by atoms with Gasteiger partial charge in [0.1, 0.15) is 0 Å². The quantitative estimate of drug-likeness (QED) is 0.611. The standard InChI is InChI=1S/C5H13NO.C4H8O.C2H7N/c1-3-5(7)4-6-2;1-2-4-3-5-4;1-2-3/h5-7H,3-4H2,1-2H3;4H,2-3H2,1H3;2-3H2,1H3. The maximum atomic E-state index is 8.80. The highest BCUT2D eigenvalue weighted by Crippen LogP contribution is 2.10. The summed E-state index contributed by atoms with van der Waals surface area (Å²) in [5.41, 5.74) is 4.85. The highest BCUT2D eigenvalue weighted by atomic mass is 16.6. The van der Waals surface area contributed by atoms with Gasteiger partial charge < -0.3 is 20.9 Å². The Hall–Kier alpha value is -0.160. The molecule has 1 aliphatic rings. The van der Waals surface area contributed by atoms with Crippen LogP contribution in [0.5, 0.6) is 0 Å². The molecule has 2 unspecified atom stereocenters. The minimum atomic E-state index is -0.162. The van der Waals surface area contributed by atoms with Gasteiger partial charge >= 0.3 is 0 Å². The minimum absolute atomic E-state index is 0.162. The van der Waals surface area contributed by atoms with Crippen molar-refractivity contribution in [3.8, 4) is 0 Å². The Kier molecular flexibility index (Phi) is 15.9. The molecule has 0 aliphatic carbocycles. The van der Waals surface area contributed by atoms with Crippen molar-refractivity contribution in [1.82, 2.24) is 5.32 Å². The normalized spacial score (nSPS) is 19.2. The summed E-state index contributed by atoms with van der Waals surface area (Å²) in [6, 6.07) is 0. The van der Waals surface area contributed by atoms with Crippen LogP contribution in [0.15, 0.2) is 0 Å². The van der Waals surface area contributed by atoms with Crippen LogP contribution < -0.4 is 11.1 Å². The molecule has 0 aromatic carbocycles. The Morgan fingerprint density at radius 2 is 1.93 bits per heavy atom. The second-order valence-corrected chi connectivity index (χ2v) is 3.39. The van der Waals surface area contributed by atoms with Crippen LogP contribution >= 0.6 is 0 Å². The average Bonchev–Trinajstić information content (AvgIpc) is 3.03. The zero-order chi connectivity index (χ0) is 12.1. The van der Waals surface area contributed by atoms with Gasteiger partial charge in [0.15, 0.2) is 0 Å². The largest absolute Gasteiger partial charge is 0.392 e. The lowest BCUT2D eigenvalue weighted by molar-refractivity contribution is 0.170. The van der Waals surface area contributed by atoms with Crippen molar-refractivity contribution in [2.45, 2.75) is 45.8 Å². The van der Waals surface area contributed by atoms with Crippen LogP contribution in [0.3, 0.4) is 0 Å². The molecule has 0 aromatic rings. The Labute approximate surface area is 94.2 Å². The van der Waals surface area contributed by atoms with Gasteiger partial charge in [-0.05, 0) is 26.4 Å². The molecule has 0 radical (unpaired) electrons. The maximum Gasteiger partial charge on any atom is 0.0807 e. The molecule has 4 heteroatoms. The first-order chi connectivity index (χ1) is 7.15. The molecule has 1 rings (SSSR count). The smallest absolute Gasteiger partial charge is 0.0807 e. The Bertz CT molecular complexity index is 109. The van der Waals surface area contributed by atoms with Crippen LogP contribution in [0.4, 0.5) is 0 Å². The van der Waals surface area contributed by atoms with E-state index in [1.54, 1.807) is 0 Å². The summed E-state index contributed by atoms with van der Waals surface area (Å²) in [5.74, 6) is 0. The van der Waals surface area contributed by atoms with Crippen molar-refractivity contribution in [2.75, 3.05) is 26.7 Å². The summed E-state index contributed by atoms with van der Waals surface area (Å²) in [5, 5.41) is 11.7. The highest BCUT2D eigenvalue weighted by Gasteiger charge is 2.18. The third-order valence-corrected chi connectivity index (χ3v) is 1.77. The van der Waals surface area contributed by atoms with Gasteiger partial charge in [0.25, 0.3) is 0 Å². The van der Waals surface area contributed by atoms with Gasteiger partial charge in [-0.25, -0.2) is 0 Å². The molecule has 0 bridgehead atoms. The number of aliphatic hydroxyl groups is 1. The molecule has 1 heterocycles. The van der Waals surface area contributed by atoms with E-state index < -0.39 is 0 Å². The minimum Gasteiger partial charge on any atom is -0.392 e. The van der Waals surface area contributed by atoms with E-state index in [9.17, 15) is 0 Å². The summed E-state index contributed by atoms with van der Waals surface area (Å²) in [6.07, 6.45) is 2.50. The van der Waals surface area contributed by atoms with Gasteiger partial charge in [-0.1, -0.05) is 20.8 Å². The van der Waals surface area contributed by atoms with Gasteiger partial charge in [-0.3, -0.25) is 0 Å². The van der Waals surface area contributed by atoms with Gasteiger partial charge in [0.2, 0.25) is 0 Å². The predicted molar refractivity (Wildman–Crippen MR) is 65.0 cm³/mol. The third-order valence-electron chi connectivity index (χ3n) is 1.77. The van der Waals surface area contributed by atoms with E-state index in [0.717, 1.165) is 19.6 Å². The Balaban J connectivity index is 0. The highest BCUT2D eigenvalue weighted by molar-refractivity contribution is 4.64. The summed E-state index contributed by atoms with van der Waals surface area (Å²) < 4.78 is 4.86. The number of hydrogen-bond acceptors (Lipinski definition) is 4. The lowest BCUT2D eigenvalue weighted by atomic mass is 10.3. The number of nitrogens with two attached hydrogens (primary N) is 1. The number of hydrogen-bond donors (Lipinski definition) is 3.